The van der Waals surface area contributed by atoms with Gasteiger partial charge in [-0.1, -0.05) is 18.2 Å². The molecule has 2 bridgehead atoms. The summed E-state index contributed by atoms with van der Waals surface area (Å²) in [5.41, 5.74) is 13.4. The third-order valence-electron chi connectivity index (χ3n) is 8.18. The van der Waals surface area contributed by atoms with E-state index in [1.165, 1.54) is 25.9 Å². The maximum Gasteiger partial charge on any atom is 0.154 e. The molecule has 38 heavy (non-hydrogen) atoms. The van der Waals surface area contributed by atoms with Gasteiger partial charge in [0.25, 0.3) is 0 Å². The quantitative estimate of drug-likeness (QED) is 0.417. The number of aliphatic imine (C=N–C) groups is 1. The lowest BCUT2D eigenvalue weighted by Crippen LogP contribution is -2.59. The van der Waals surface area contributed by atoms with Gasteiger partial charge in [0.2, 0.25) is 0 Å². The number of unbranched alkanes of at least 4 members (excludes halogenated alkanes) is 1. The van der Waals surface area contributed by atoms with Crippen LogP contribution in [0, 0.1) is 0 Å². The van der Waals surface area contributed by atoms with Crippen LogP contribution in [0.1, 0.15) is 78.3 Å². The summed E-state index contributed by atoms with van der Waals surface area (Å²) in [6.07, 6.45) is 13.3. The number of hydrogen-bond donors (Lipinski definition) is 3. The number of aryl methyl sites for hydroxylation is 1. The standard InChI is InChI=1S/C29H46N8O/c1-6-10-22(36-20-23-17-24(36)19-35(23)5)11-7-8-16-30-37-31-18-21(2)28(34-37)33-27-14-13-26-25(32-27)12-9-15-29(3,4)38-26/h10,13-14,18,23-24,30-31H,6-9,11-12,15-17,19-20H2,1-5H3,(H,32,33,34)/b22-10+. The average Bonchev–Trinajstić information content (AvgIpc) is 3.41. The molecule has 1 aromatic heterocycles. The highest BCUT2D eigenvalue weighted by Crippen LogP contribution is 2.34. The van der Waals surface area contributed by atoms with Crippen LogP contribution in [0.25, 0.3) is 0 Å². The molecule has 2 atom stereocenters. The van der Waals surface area contributed by atoms with Gasteiger partial charge in [-0.15, -0.1) is 0 Å². The van der Waals surface area contributed by atoms with Crippen LogP contribution in [0.4, 0.5) is 5.82 Å². The summed E-state index contributed by atoms with van der Waals surface area (Å²) in [6, 6.07) is 5.40. The summed E-state index contributed by atoms with van der Waals surface area (Å²) >= 11 is 0. The van der Waals surface area contributed by atoms with E-state index < -0.39 is 0 Å². The molecule has 9 heteroatoms. The van der Waals surface area contributed by atoms with Crippen LogP contribution in [-0.2, 0) is 6.42 Å². The van der Waals surface area contributed by atoms with Gasteiger partial charge < -0.3 is 9.64 Å². The Morgan fingerprint density at radius 1 is 1.26 bits per heavy atom. The predicted octanol–water partition coefficient (Wildman–Crippen LogP) is 4.19. The molecule has 2 fully saturated rings. The average molecular weight is 523 g/mol. The summed E-state index contributed by atoms with van der Waals surface area (Å²) in [5, 5.41) is 1.79. The van der Waals surface area contributed by atoms with Crippen molar-refractivity contribution in [1.29, 1.82) is 0 Å². The summed E-state index contributed by atoms with van der Waals surface area (Å²) in [6.45, 7) is 11.9. The number of nitrogens with one attached hydrogen (secondary N) is 3. The molecular weight excluding hydrogens is 476 g/mol. The minimum Gasteiger partial charge on any atom is -0.486 e. The van der Waals surface area contributed by atoms with Crippen LogP contribution < -0.4 is 21.0 Å². The minimum absolute atomic E-state index is 0.152. The molecule has 0 aliphatic carbocycles. The molecule has 4 aliphatic heterocycles. The Morgan fingerprint density at radius 2 is 2.13 bits per heavy atom. The zero-order chi connectivity index (χ0) is 26.7. The normalized spacial score (nSPS) is 26.4. The fourth-order valence-corrected chi connectivity index (χ4v) is 6.05. The van der Waals surface area contributed by atoms with Gasteiger partial charge in [-0.25, -0.2) is 15.4 Å². The van der Waals surface area contributed by atoms with Gasteiger partial charge in [0, 0.05) is 49.2 Å². The number of likely N-dealkylation sites (N-methyl/N-ethyl adjacent to an activating group) is 1. The Kier molecular flexibility index (Phi) is 8.26. The molecule has 0 radical (unpaired) electrons. The molecule has 1 aromatic rings. The summed E-state index contributed by atoms with van der Waals surface area (Å²) < 4.78 is 6.19. The van der Waals surface area contributed by atoms with Gasteiger partial charge in [-0.05, 0) is 91.3 Å². The number of pyridine rings is 1. The van der Waals surface area contributed by atoms with Crippen LogP contribution in [0.15, 0.2) is 40.7 Å². The fourth-order valence-electron chi connectivity index (χ4n) is 6.05. The second-order valence-corrected chi connectivity index (χ2v) is 11.8. The molecule has 5 heterocycles. The highest BCUT2D eigenvalue weighted by molar-refractivity contribution is 5.99. The van der Waals surface area contributed by atoms with E-state index in [4.69, 9.17) is 14.7 Å². The van der Waals surface area contributed by atoms with Crippen LogP contribution in [0.3, 0.4) is 0 Å². The molecule has 208 valence electrons. The van der Waals surface area contributed by atoms with Crippen molar-refractivity contribution in [3.63, 3.8) is 0 Å². The van der Waals surface area contributed by atoms with E-state index in [1.54, 1.807) is 10.9 Å². The fraction of sp³-hybridized carbons (Fsp3) is 0.655. The molecule has 0 amide bonds. The maximum atomic E-state index is 6.19. The lowest BCUT2D eigenvalue weighted by molar-refractivity contribution is 0.0981. The number of allylic oxidation sites excluding steroid dienone is 2. The molecular formula is C29H46N8O. The third kappa shape index (κ3) is 6.33. The molecule has 2 saturated heterocycles. The van der Waals surface area contributed by atoms with Crippen molar-refractivity contribution < 1.29 is 4.74 Å². The number of hydrazine groups is 3. The van der Waals surface area contributed by atoms with E-state index in [2.05, 4.69) is 60.0 Å². The number of amidine groups is 1. The monoisotopic (exact) mass is 522 g/mol. The van der Waals surface area contributed by atoms with E-state index in [-0.39, 0.29) is 5.60 Å². The molecule has 0 saturated carbocycles. The first-order valence-corrected chi connectivity index (χ1v) is 14.5. The van der Waals surface area contributed by atoms with Crippen molar-refractivity contribution in [3.8, 4) is 5.75 Å². The number of nitrogens with zero attached hydrogens (tertiary/aromatic N) is 5. The van der Waals surface area contributed by atoms with Crippen molar-refractivity contribution in [2.24, 2.45) is 4.99 Å². The van der Waals surface area contributed by atoms with Crippen LogP contribution in [0.5, 0.6) is 5.75 Å². The molecule has 5 rings (SSSR count). The minimum atomic E-state index is -0.152. The SMILES string of the molecule is CC/C=C(\CCCCNN1NC=C(C)C(=Nc2ccc3c(n2)CCCC(C)(C)O3)N1)N1CC2CC1CN2C. The second kappa shape index (κ2) is 11.6. The van der Waals surface area contributed by atoms with Gasteiger partial charge in [0.15, 0.2) is 5.82 Å². The zero-order valence-electron chi connectivity index (χ0n) is 23.9. The lowest BCUT2D eigenvalue weighted by atomic mass is 10.0. The Morgan fingerprint density at radius 3 is 2.89 bits per heavy atom. The second-order valence-electron chi connectivity index (χ2n) is 11.8. The number of fused-ring (bicyclic) bond motifs is 3. The van der Waals surface area contributed by atoms with E-state index in [1.807, 2.05) is 25.3 Å². The summed E-state index contributed by atoms with van der Waals surface area (Å²) in [4.78, 5) is 14.8. The first-order valence-electron chi connectivity index (χ1n) is 14.5. The first kappa shape index (κ1) is 27.0. The van der Waals surface area contributed by atoms with Crippen LogP contribution in [0.2, 0.25) is 0 Å². The summed E-state index contributed by atoms with van der Waals surface area (Å²) in [7, 11) is 2.27. The molecule has 3 N–H and O–H groups in total. The van der Waals surface area contributed by atoms with Crippen LogP contribution in [-0.4, -0.2) is 70.2 Å². The van der Waals surface area contributed by atoms with E-state index in [0.717, 1.165) is 74.0 Å². The molecule has 0 spiro atoms. The lowest BCUT2D eigenvalue weighted by Gasteiger charge is -2.35. The van der Waals surface area contributed by atoms with E-state index in [0.29, 0.717) is 11.9 Å². The zero-order valence-corrected chi connectivity index (χ0v) is 23.9. The number of piperazine rings is 1. The Labute approximate surface area is 228 Å². The van der Waals surface area contributed by atoms with Crippen molar-refractivity contribution in [2.75, 3.05) is 26.7 Å². The smallest absolute Gasteiger partial charge is 0.154 e. The van der Waals surface area contributed by atoms with Gasteiger partial charge in [-0.3, -0.25) is 15.8 Å². The van der Waals surface area contributed by atoms with Gasteiger partial charge >= 0.3 is 0 Å². The predicted molar refractivity (Wildman–Crippen MR) is 153 cm³/mol. The Bertz CT molecular complexity index is 1080. The number of aromatic nitrogens is 1. The van der Waals surface area contributed by atoms with Gasteiger partial charge in [0.1, 0.15) is 17.2 Å². The number of ether oxygens (including phenoxy) is 1. The highest BCUT2D eigenvalue weighted by Gasteiger charge is 2.41. The molecule has 0 aromatic carbocycles. The Hall–Kier alpha value is -2.62. The van der Waals surface area contributed by atoms with Crippen molar-refractivity contribution in [2.45, 2.75) is 96.7 Å². The van der Waals surface area contributed by atoms with Crippen molar-refractivity contribution >= 4 is 11.7 Å². The number of rotatable bonds is 9. The molecule has 4 aliphatic rings. The van der Waals surface area contributed by atoms with Crippen molar-refractivity contribution in [1.82, 2.24) is 36.3 Å². The van der Waals surface area contributed by atoms with Gasteiger partial charge in [-0.2, -0.15) is 0 Å². The largest absolute Gasteiger partial charge is 0.486 e. The van der Waals surface area contributed by atoms with Crippen molar-refractivity contribution in [3.05, 3.63) is 41.4 Å². The first-order chi connectivity index (χ1) is 18.3. The van der Waals surface area contributed by atoms with E-state index >= 15 is 0 Å². The summed E-state index contributed by atoms with van der Waals surface area (Å²) in [5.74, 6) is 2.36. The van der Waals surface area contributed by atoms with E-state index in [9.17, 15) is 0 Å². The number of likely N-dealkylation sites (tertiary alicyclic amines) is 2. The highest BCUT2D eigenvalue weighted by atomic mass is 16.5. The van der Waals surface area contributed by atoms with Crippen LogP contribution >= 0.6 is 0 Å². The Balaban J connectivity index is 1.11. The molecule has 2 unspecified atom stereocenters. The number of hydrogen-bond acceptors (Lipinski definition) is 8. The molecule has 9 nitrogen and oxygen atoms in total. The maximum absolute atomic E-state index is 6.19. The topological polar surface area (TPSA) is 80.3 Å². The third-order valence-corrected chi connectivity index (χ3v) is 8.18. The van der Waals surface area contributed by atoms with Gasteiger partial charge in [0.05, 0.1) is 5.69 Å².